The molecule has 1 aliphatic rings. The summed E-state index contributed by atoms with van der Waals surface area (Å²) in [5.41, 5.74) is 5.99. The van der Waals surface area contributed by atoms with Crippen molar-refractivity contribution in [3.05, 3.63) is 53.1 Å². The SMILES string of the molecule is CCN1CCN(c2ccc(NC(=O)CCSc3ccc(C)c(C)c3)cc2C)CC1. The number of amides is 1. The lowest BCUT2D eigenvalue weighted by molar-refractivity contribution is -0.115. The fraction of sp³-hybridized carbons (Fsp3) is 0.458. The molecule has 1 heterocycles. The van der Waals surface area contributed by atoms with Crippen LogP contribution in [0.3, 0.4) is 0 Å². The number of rotatable bonds is 7. The first-order valence-electron chi connectivity index (χ1n) is 10.5. The van der Waals surface area contributed by atoms with Crippen molar-refractivity contribution < 1.29 is 4.79 Å². The van der Waals surface area contributed by atoms with Gasteiger partial charge in [-0.15, -0.1) is 11.8 Å². The molecule has 0 unspecified atom stereocenters. The first kappa shape index (κ1) is 21.7. The number of thioether (sulfide) groups is 1. The maximum Gasteiger partial charge on any atom is 0.225 e. The number of nitrogens with one attached hydrogen (secondary N) is 1. The lowest BCUT2D eigenvalue weighted by Gasteiger charge is -2.36. The summed E-state index contributed by atoms with van der Waals surface area (Å²) in [6, 6.07) is 12.7. The second kappa shape index (κ2) is 10.2. The Bertz CT molecular complexity index is 844. The Labute approximate surface area is 179 Å². The number of aryl methyl sites for hydroxylation is 3. The minimum Gasteiger partial charge on any atom is -0.369 e. The molecule has 0 spiro atoms. The van der Waals surface area contributed by atoms with Crippen molar-refractivity contribution in [3.8, 4) is 0 Å². The first-order valence-corrected chi connectivity index (χ1v) is 11.5. The molecule has 0 saturated carbocycles. The van der Waals surface area contributed by atoms with Gasteiger partial charge in [-0.1, -0.05) is 13.0 Å². The molecule has 29 heavy (non-hydrogen) atoms. The molecule has 156 valence electrons. The quantitative estimate of drug-likeness (QED) is 0.659. The molecule has 0 radical (unpaired) electrons. The molecule has 3 rings (SSSR count). The summed E-state index contributed by atoms with van der Waals surface area (Å²) in [6.45, 7) is 14.1. The zero-order chi connectivity index (χ0) is 20.8. The van der Waals surface area contributed by atoms with Crippen LogP contribution in [0.15, 0.2) is 41.3 Å². The Morgan fingerprint density at radius 1 is 0.966 bits per heavy atom. The number of carbonyl (C=O) groups is 1. The molecule has 1 saturated heterocycles. The molecule has 2 aromatic carbocycles. The molecule has 1 aliphatic heterocycles. The second-order valence-electron chi connectivity index (χ2n) is 7.82. The van der Waals surface area contributed by atoms with E-state index in [1.165, 1.54) is 27.3 Å². The van der Waals surface area contributed by atoms with Crippen molar-refractivity contribution in [3.63, 3.8) is 0 Å². The van der Waals surface area contributed by atoms with Crippen LogP contribution in [0.5, 0.6) is 0 Å². The van der Waals surface area contributed by atoms with Gasteiger partial charge in [-0.25, -0.2) is 0 Å². The van der Waals surface area contributed by atoms with E-state index >= 15 is 0 Å². The van der Waals surface area contributed by atoms with Gasteiger partial charge in [0.1, 0.15) is 0 Å². The Hall–Kier alpha value is -1.98. The highest BCUT2D eigenvalue weighted by Gasteiger charge is 2.17. The lowest BCUT2D eigenvalue weighted by Crippen LogP contribution is -2.46. The predicted octanol–water partition coefficient (Wildman–Crippen LogP) is 4.87. The van der Waals surface area contributed by atoms with E-state index in [1.807, 2.05) is 6.07 Å². The van der Waals surface area contributed by atoms with Crippen LogP contribution in [-0.4, -0.2) is 49.3 Å². The number of likely N-dealkylation sites (N-methyl/N-ethyl adjacent to an activating group) is 1. The maximum atomic E-state index is 12.4. The van der Waals surface area contributed by atoms with E-state index in [-0.39, 0.29) is 5.91 Å². The number of anilines is 2. The monoisotopic (exact) mass is 411 g/mol. The zero-order valence-electron chi connectivity index (χ0n) is 18.1. The van der Waals surface area contributed by atoms with E-state index in [1.54, 1.807) is 11.8 Å². The van der Waals surface area contributed by atoms with Crippen LogP contribution < -0.4 is 10.2 Å². The summed E-state index contributed by atoms with van der Waals surface area (Å²) in [4.78, 5) is 18.5. The number of piperazine rings is 1. The van der Waals surface area contributed by atoms with E-state index < -0.39 is 0 Å². The zero-order valence-corrected chi connectivity index (χ0v) is 18.9. The van der Waals surface area contributed by atoms with Gasteiger partial charge in [0.2, 0.25) is 5.91 Å². The number of hydrogen-bond donors (Lipinski definition) is 1. The Morgan fingerprint density at radius 3 is 2.38 bits per heavy atom. The molecule has 1 N–H and O–H groups in total. The Kier molecular flexibility index (Phi) is 7.62. The summed E-state index contributed by atoms with van der Waals surface area (Å²) < 4.78 is 0. The number of hydrogen-bond acceptors (Lipinski definition) is 4. The summed E-state index contributed by atoms with van der Waals surface area (Å²) in [6.07, 6.45) is 0.511. The normalized spacial score (nSPS) is 14.8. The molecule has 5 heteroatoms. The molecule has 2 aromatic rings. The van der Waals surface area contributed by atoms with Gasteiger partial charge in [-0.3, -0.25) is 4.79 Å². The van der Waals surface area contributed by atoms with Crippen molar-refractivity contribution in [2.24, 2.45) is 0 Å². The Balaban J connectivity index is 1.49. The summed E-state index contributed by atoms with van der Waals surface area (Å²) in [7, 11) is 0. The van der Waals surface area contributed by atoms with Crippen LogP contribution in [0.2, 0.25) is 0 Å². The first-order chi connectivity index (χ1) is 14.0. The van der Waals surface area contributed by atoms with Gasteiger partial charge in [0, 0.05) is 54.6 Å². The van der Waals surface area contributed by atoms with Gasteiger partial charge < -0.3 is 15.1 Å². The average molecular weight is 412 g/mol. The topological polar surface area (TPSA) is 35.6 Å². The molecule has 0 aromatic heterocycles. The van der Waals surface area contributed by atoms with Crippen molar-refractivity contribution in [1.82, 2.24) is 4.90 Å². The molecule has 0 atom stereocenters. The molecular weight excluding hydrogens is 378 g/mol. The maximum absolute atomic E-state index is 12.4. The number of benzene rings is 2. The van der Waals surface area contributed by atoms with E-state index in [4.69, 9.17) is 0 Å². The third-order valence-corrected chi connectivity index (χ3v) is 6.71. The molecular formula is C24H33N3OS. The largest absolute Gasteiger partial charge is 0.369 e. The summed E-state index contributed by atoms with van der Waals surface area (Å²) >= 11 is 1.74. The van der Waals surface area contributed by atoms with Crippen LogP contribution in [0.1, 0.15) is 30.0 Å². The van der Waals surface area contributed by atoms with E-state index in [2.05, 4.69) is 73.1 Å². The average Bonchev–Trinajstić information content (AvgIpc) is 2.71. The van der Waals surface area contributed by atoms with Crippen LogP contribution in [-0.2, 0) is 4.79 Å². The van der Waals surface area contributed by atoms with Gasteiger partial charge in [-0.05, 0) is 74.3 Å². The molecule has 0 bridgehead atoms. The van der Waals surface area contributed by atoms with Crippen molar-refractivity contribution in [1.29, 1.82) is 0 Å². The molecule has 0 aliphatic carbocycles. The van der Waals surface area contributed by atoms with Gasteiger partial charge >= 0.3 is 0 Å². The minimum atomic E-state index is 0.0741. The van der Waals surface area contributed by atoms with Crippen LogP contribution >= 0.6 is 11.8 Å². The van der Waals surface area contributed by atoms with Crippen molar-refractivity contribution in [2.75, 3.05) is 48.7 Å². The van der Waals surface area contributed by atoms with Gasteiger partial charge in [-0.2, -0.15) is 0 Å². The third-order valence-electron chi connectivity index (χ3n) is 5.72. The lowest BCUT2D eigenvalue weighted by atomic mass is 10.1. The van der Waals surface area contributed by atoms with Crippen molar-refractivity contribution >= 4 is 29.0 Å². The molecule has 1 amide bonds. The molecule has 1 fully saturated rings. The Morgan fingerprint density at radius 2 is 1.72 bits per heavy atom. The second-order valence-corrected chi connectivity index (χ2v) is 8.98. The minimum absolute atomic E-state index is 0.0741. The summed E-state index contributed by atoms with van der Waals surface area (Å²) in [5, 5.41) is 3.06. The van der Waals surface area contributed by atoms with E-state index in [0.29, 0.717) is 6.42 Å². The van der Waals surface area contributed by atoms with Gasteiger partial charge in [0.15, 0.2) is 0 Å². The van der Waals surface area contributed by atoms with Crippen LogP contribution in [0, 0.1) is 20.8 Å². The van der Waals surface area contributed by atoms with Gasteiger partial charge in [0.25, 0.3) is 0 Å². The third kappa shape index (κ3) is 6.00. The van der Waals surface area contributed by atoms with Crippen LogP contribution in [0.25, 0.3) is 0 Å². The van der Waals surface area contributed by atoms with E-state index in [9.17, 15) is 4.79 Å². The smallest absolute Gasteiger partial charge is 0.225 e. The van der Waals surface area contributed by atoms with Crippen molar-refractivity contribution in [2.45, 2.75) is 39.0 Å². The molecule has 4 nitrogen and oxygen atoms in total. The number of carbonyl (C=O) groups excluding carboxylic acids is 1. The fourth-order valence-corrected chi connectivity index (χ4v) is 4.63. The fourth-order valence-electron chi connectivity index (χ4n) is 3.68. The van der Waals surface area contributed by atoms with Crippen LogP contribution in [0.4, 0.5) is 11.4 Å². The number of nitrogens with zero attached hydrogens (tertiary/aromatic N) is 2. The highest BCUT2D eigenvalue weighted by Crippen LogP contribution is 2.25. The summed E-state index contributed by atoms with van der Waals surface area (Å²) in [5.74, 6) is 0.859. The standard InChI is InChI=1S/C24H33N3OS/c1-5-26-11-13-27(14-12-26)23-9-7-21(16-20(23)4)25-24(28)10-15-29-22-8-6-18(2)19(3)17-22/h6-9,16-17H,5,10-15H2,1-4H3,(H,25,28). The highest BCUT2D eigenvalue weighted by molar-refractivity contribution is 7.99. The highest BCUT2D eigenvalue weighted by atomic mass is 32.2. The van der Waals surface area contributed by atoms with Gasteiger partial charge in [0.05, 0.1) is 0 Å². The predicted molar refractivity (Wildman–Crippen MR) is 125 cm³/mol. The van der Waals surface area contributed by atoms with E-state index in [0.717, 1.165) is 44.2 Å².